The normalized spacial score (nSPS) is 11.2. The third-order valence-electron chi connectivity index (χ3n) is 2.38. The second kappa shape index (κ2) is 3.65. The van der Waals surface area contributed by atoms with Crippen molar-refractivity contribution >= 4 is 40.1 Å². The molecule has 0 amide bonds. The Labute approximate surface area is 106 Å². The Bertz CT molecular complexity index is 661. The number of H-pyrrole nitrogens is 2. The van der Waals surface area contributed by atoms with Crippen LogP contribution in [0.4, 0.5) is 5.82 Å². The molecule has 0 aliphatic rings. The van der Waals surface area contributed by atoms with Crippen LogP contribution in [0, 0.1) is 0 Å². The van der Waals surface area contributed by atoms with Crippen molar-refractivity contribution in [3.63, 3.8) is 0 Å². The van der Waals surface area contributed by atoms with Gasteiger partial charge in [-0.15, -0.1) is 0 Å². The van der Waals surface area contributed by atoms with E-state index >= 15 is 0 Å². The van der Waals surface area contributed by atoms with E-state index in [1.165, 1.54) is 0 Å². The van der Waals surface area contributed by atoms with Gasteiger partial charge in [-0.05, 0) is 12.1 Å². The van der Waals surface area contributed by atoms with E-state index < -0.39 is 0 Å². The zero-order valence-electron chi connectivity index (χ0n) is 8.46. The number of halogens is 2. The van der Waals surface area contributed by atoms with Crippen LogP contribution in [-0.2, 0) is 0 Å². The number of nitrogen functional groups attached to an aromatic ring is 1. The first-order valence-electron chi connectivity index (χ1n) is 4.79. The van der Waals surface area contributed by atoms with Crippen LogP contribution < -0.4 is 5.73 Å². The standard InChI is InChI=1S/C10H7Cl2N5/c11-4-1-6-7(2-5(4)12)15-10(14-6)8-3-9(13)17-16-8/h1-3H,(H,14,15)(H3,13,16,17). The summed E-state index contributed by atoms with van der Waals surface area (Å²) < 4.78 is 0. The number of benzene rings is 1. The largest absolute Gasteiger partial charge is 0.382 e. The molecule has 0 atom stereocenters. The van der Waals surface area contributed by atoms with Crippen LogP contribution in [-0.4, -0.2) is 20.2 Å². The van der Waals surface area contributed by atoms with Crippen molar-refractivity contribution in [2.75, 3.05) is 5.73 Å². The van der Waals surface area contributed by atoms with E-state index in [1.807, 2.05) is 0 Å². The Hall–Kier alpha value is -1.72. The number of hydrogen-bond acceptors (Lipinski definition) is 3. The summed E-state index contributed by atoms with van der Waals surface area (Å²) in [6.45, 7) is 0. The molecule has 4 N–H and O–H groups in total. The van der Waals surface area contributed by atoms with Crippen molar-refractivity contribution in [2.45, 2.75) is 0 Å². The maximum atomic E-state index is 5.93. The molecular formula is C10H7Cl2N5. The van der Waals surface area contributed by atoms with Gasteiger partial charge < -0.3 is 10.7 Å². The van der Waals surface area contributed by atoms with Gasteiger partial charge in [-0.2, -0.15) is 5.10 Å². The van der Waals surface area contributed by atoms with Gasteiger partial charge in [-0.3, -0.25) is 5.10 Å². The van der Waals surface area contributed by atoms with E-state index in [1.54, 1.807) is 18.2 Å². The molecule has 2 aromatic heterocycles. The lowest BCUT2D eigenvalue weighted by atomic mass is 10.3. The van der Waals surface area contributed by atoms with Gasteiger partial charge in [0.2, 0.25) is 0 Å². The summed E-state index contributed by atoms with van der Waals surface area (Å²) in [4.78, 5) is 7.49. The molecule has 1 aromatic carbocycles. The third kappa shape index (κ3) is 1.73. The monoisotopic (exact) mass is 267 g/mol. The van der Waals surface area contributed by atoms with Crippen molar-refractivity contribution in [1.82, 2.24) is 20.2 Å². The highest BCUT2D eigenvalue weighted by Crippen LogP contribution is 2.28. The van der Waals surface area contributed by atoms with Crippen molar-refractivity contribution in [1.29, 1.82) is 0 Å². The summed E-state index contributed by atoms with van der Waals surface area (Å²) in [5.74, 6) is 1.05. The molecule has 0 saturated heterocycles. The van der Waals surface area contributed by atoms with Crippen LogP contribution in [0.2, 0.25) is 10.0 Å². The minimum Gasteiger partial charge on any atom is -0.382 e. The fourth-order valence-corrected chi connectivity index (χ4v) is 1.91. The van der Waals surface area contributed by atoms with Crippen LogP contribution in [0.1, 0.15) is 0 Å². The van der Waals surface area contributed by atoms with Crippen molar-refractivity contribution < 1.29 is 0 Å². The minimum absolute atomic E-state index is 0.413. The average molecular weight is 268 g/mol. The molecule has 0 aliphatic carbocycles. The number of fused-ring (bicyclic) bond motifs is 1. The van der Waals surface area contributed by atoms with Crippen LogP contribution in [0.3, 0.4) is 0 Å². The van der Waals surface area contributed by atoms with Gasteiger partial charge in [0.15, 0.2) is 5.82 Å². The maximum Gasteiger partial charge on any atom is 0.156 e. The molecule has 5 nitrogen and oxygen atoms in total. The van der Waals surface area contributed by atoms with Crippen LogP contribution in [0.25, 0.3) is 22.6 Å². The molecular weight excluding hydrogens is 261 g/mol. The highest BCUT2D eigenvalue weighted by atomic mass is 35.5. The molecule has 17 heavy (non-hydrogen) atoms. The van der Waals surface area contributed by atoms with E-state index in [4.69, 9.17) is 28.9 Å². The average Bonchev–Trinajstić information content (AvgIpc) is 2.85. The first-order chi connectivity index (χ1) is 8.13. The summed E-state index contributed by atoms with van der Waals surface area (Å²) >= 11 is 11.8. The van der Waals surface area contributed by atoms with Crippen LogP contribution in [0.15, 0.2) is 18.2 Å². The van der Waals surface area contributed by atoms with E-state index in [0.29, 0.717) is 27.4 Å². The molecule has 0 unspecified atom stereocenters. The lowest BCUT2D eigenvalue weighted by molar-refractivity contribution is 1.09. The van der Waals surface area contributed by atoms with Gasteiger partial charge in [0.05, 0.1) is 21.1 Å². The number of nitrogens with one attached hydrogen (secondary N) is 2. The SMILES string of the molecule is Nc1cc(-c2nc3cc(Cl)c(Cl)cc3[nH]2)[nH]n1. The Morgan fingerprint density at radius 3 is 2.59 bits per heavy atom. The molecule has 0 radical (unpaired) electrons. The summed E-state index contributed by atoms with van der Waals surface area (Å²) in [5.41, 5.74) is 7.79. The fourth-order valence-electron chi connectivity index (χ4n) is 1.59. The van der Waals surface area contributed by atoms with Crippen molar-refractivity contribution in [2.24, 2.45) is 0 Å². The molecule has 0 aliphatic heterocycles. The van der Waals surface area contributed by atoms with Gasteiger partial charge in [0.25, 0.3) is 0 Å². The molecule has 0 bridgehead atoms. The van der Waals surface area contributed by atoms with Crippen LogP contribution in [0.5, 0.6) is 0 Å². The quantitative estimate of drug-likeness (QED) is 0.634. The van der Waals surface area contributed by atoms with Gasteiger partial charge in [-0.25, -0.2) is 4.98 Å². The Morgan fingerprint density at radius 2 is 1.88 bits per heavy atom. The zero-order valence-corrected chi connectivity index (χ0v) is 9.97. The van der Waals surface area contributed by atoms with Crippen LogP contribution >= 0.6 is 23.2 Å². The number of aromatic nitrogens is 4. The first kappa shape index (κ1) is 10.4. The van der Waals surface area contributed by atoms with E-state index in [9.17, 15) is 0 Å². The molecule has 3 rings (SSSR count). The second-order valence-electron chi connectivity index (χ2n) is 3.58. The van der Waals surface area contributed by atoms with Crippen molar-refractivity contribution in [3.05, 3.63) is 28.2 Å². The topological polar surface area (TPSA) is 83.4 Å². The van der Waals surface area contributed by atoms with Gasteiger partial charge >= 0.3 is 0 Å². The number of imidazole rings is 1. The number of anilines is 1. The third-order valence-corrected chi connectivity index (χ3v) is 3.10. The Morgan fingerprint density at radius 1 is 1.12 bits per heavy atom. The highest BCUT2D eigenvalue weighted by Gasteiger charge is 2.09. The van der Waals surface area contributed by atoms with E-state index in [0.717, 1.165) is 11.0 Å². The summed E-state index contributed by atoms with van der Waals surface area (Å²) in [6.07, 6.45) is 0. The number of aromatic amines is 2. The van der Waals surface area contributed by atoms with E-state index in [-0.39, 0.29) is 0 Å². The number of hydrogen-bond donors (Lipinski definition) is 3. The molecule has 86 valence electrons. The molecule has 3 aromatic rings. The minimum atomic E-state index is 0.413. The fraction of sp³-hybridized carbons (Fsp3) is 0. The maximum absolute atomic E-state index is 5.93. The summed E-state index contributed by atoms with van der Waals surface area (Å²) in [7, 11) is 0. The summed E-state index contributed by atoms with van der Waals surface area (Å²) in [6, 6.07) is 5.13. The predicted molar refractivity (Wildman–Crippen MR) is 68.1 cm³/mol. The smallest absolute Gasteiger partial charge is 0.156 e. The van der Waals surface area contributed by atoms with E-state index in [2.05, 4.69) is 20.2 Å². The second-order valence-corrected chi connectivity index (χ2v) is 4.39. The lowest BCUT2D eigenvalue weighted by Crippen LogP contribution is -1.81. The Kier molecular flexibility index (Phi) is 2.24. The van der Waals surface area contributed by atoms with Gasteiger partial charge in [-0.1, -0.05) is 23.2 Å². The van der Waals surface area contributed by atoms with Crippen molar-refractivity contribution in [3.8, 4) is 11.5 Å². The highest BCUT2D eigenvalue weighted by molar-refractivity contribution is 6.42. The number of nitrogens with zero attached hydrogens (tertiary/aromatic N) is 2. The molecule has 0 saturated carbocycles. The van der Waals surface area contributed by atoms with Gasteiger partial charge in [0.1, 0.15) is 11.5 Å². The number of nitrogens with two attached hydrogens (primary N) is 1. The predicted octanol–water partition coefficient (Wildman–Crippen LogP) is 2.84. The molecule has 0 fully saturated rings. The Balaban J connectivity index is 2.19. The molecule has 2 heterocycles. The molecule has 7 heteroatoms. The zero-order chi connectivity index (χ0) is 12.0. The lowest BCUT2D eigenvalue weighted by Gasteiger charge is -1.93. The first-order valence-corrected chi connectivity index (χ1v) is 5.55. The molecule has 0 spiro atoms. The number of rotatable bonds is 1. The summed E-state index contributed by atoms with van der Waals surface area (Å²) in [5, 5.41) is 7.57. The van der Waals surface area contributed by atoms with Gasteiger partial charge in [0, 0.05) is 6.07 Å².